The fraction of sp³-hybridized carbons (Fsp3) is 1.00. The lowest BCUT2D eigenvalue weighted by molar-refractivity contribution is 0.194. The highest BCUT2D eigenvalue weighted by Gasteiger charge is 2.41. The molecule has 0 amide bonds. The van der Waals surface area contributed by atoms with E-state index in [-0.39, 0.29) is 0 Å². The Morgan fingerprint density at radius 3 is 2.65 bits per heavy atom. The topological polar surface area (TPSA) is 15.3 Å². The molecule has 0 aromatic carbocycles. The summed E-state index contributed by atoms with van der Waals surface area (Å²) >= 11 is 2.11. The molecule has 2 nitrogen and oxygen atoms in total. The minimum absolute atomic E-state index is 0.491. The van der Waals surface area contributed by atoms with E-state index in [0.717, 1.165) is 18.5 Å². The minimum Gasteiger partial charge on any atom is -0.313 e. The summed E-state index contributed by atoms with van der Waals surface area (Å²) in [6.07, 6.45) is 2.80. The van der Waals surface area contributed by atoms with E-state index in [1.54, 1.807) is 0 Å². The lowest BCUT2D eigenvalue weighted by Crippen LogP contribution is -2.46. The Morgan fingerprint density at radius 2 is 2.00 bits per heavy atom. The van der Waals surface area contributed by atoms with Crippen molar-refractivity contribution >= 4 is 11.8 Å². The van der Waals surface area contributed by atoms with Gasteiger partial charge in [-0.3, -0.25) is 0 Å². The molecule has 0 radical (unpaired) electrons. The lowest BCUT2D eigenvalue weighted by Gasteiger charge is -2.35. The van der Waals surface area contributed by atoms with Crippen LogP contribution in [0, 0.1) is 11.3 Å². The number of hydrogen-bond acceptors (Lipinski definition) is 3. The van der Waals surface area contributed by atoms with Crippen LogP contribution in [-0.4, -0.2) is 48.6 Å². The molecule has 1 aliphatic heterocycles. The van der Waals surface area contributed by atoms with Crippen LogP contribution in [-0.2, 0) is 0 Å². The zero-order valence-corrected chi connectivity index (χ0v) is 12.5. The zero-order chi connectivity index (χ0) is 12.3. The molecule has 2 unspecified atom stereocenters. The molecule has 2 rings (SSSR count). The molecule has 3 heteroatoms. The third-order valence-corrected chi connectivity index (χ3v) is 5.44. The SMILES string of the molecule is CCNC1C(CN2CCSCC2)CCC1(C)C. The van der Waals surface area contributed by atoms with Crippen molar-refractivity contribution in [2.24, 2.45) is 11.3 Å². The van der Waals surface area contributed by atoms with E-state index < -0.39 is 0 Å². The maximum Gasteiger partial charge on any atom is 0.0159 e. The molecule has 17 heavy (non-hydrogen) atoms. The van der Waals surface area contributed by atoms with E-state index in [9.17, 15) is 0 Å². The molecule has 1 saturated heterocycles. The van der Waals surface area contributed by atoms with Crippen LogP contribution in [0.3, 0.4) is 0 Å². The lowest BCUT2D eigenvalue weighted by atomic mass is 9.84. The van der Waals surface area contributed by atoms with Gasteiger partial charge in [0.05, 0.1) is 0 Å². The largest absolute Gasteiger partial charge is 0.313 e. The third kappa shape index (κ3) is 3.39. The molecule has 2 aliphatic rings. The van der Waals surface area contributed by atoms with Crippen molar-refractivity contribution in [2.75, 3.05) is 37.7 Å². The van der Waals surface area contributed by atoms with Crippen molar-refractivity contribution in [1.29, 1.82) is 0 Å². The minimum atomic E-state index is 0.491. The molecule has 2 fully saturated rings. The number of thioether (sulfide) groups is 1. The Hall–Kier alpha value is 0.270. The molecule has 1 aliphatic carbocycles. The second kappa shape index (κ2) is 5.94. The van der Waals surface area contributed by atoms with Crippen LogP contribution in [0.1, 0.15) is 33.6 Å². The third-order valence-electron chi connectivity index (χ3n) is 4.49. The van der Waals surface area contributed by atoms with Gasteiger partial charge in [-0.2, -0.15) is 11.8 Å². The van der Waals surface area contributed by atoms with Gasteiger partial charge < -0.3 is 10.2 Å². The summed E-state index contributed by atoms with van der Waals surface area (Å²) < 4.78 is 0. The predicted octanol–water partition coefficient (Wildman–Crippen LogP) is 2.45. The Labute approximate surface area is 111 Å². The van der Waals surface area contributed by atoms with Crippen LogP contribution >= 0.6 is 11.8 Å². The highest BCUT2D eigenvalue weighted by molar-refractivity contribution is 7.99. The molecule has 1 saturated carbocycles. The quantitative estimate of drug-likeness (QED) is 0.832. The maximum absolute atomic E-state index is 3.74. The smallest absolute Gasteiger partial charge is 0.0159 e. The Balaban J connectivity index is 1.90. The number of hydrogen-bond donors (Lipinski definition) is 1. The second-order valence-corrected chi connectivity index (χ2v) is 7.46. The van der Waals surface area contributed by atoms with Gasteiger partial charge >= 0.3 is 0 Å². The van der Waals surface area contributed by atoms with Gasteiger partial charge in [0.25, 0.3) is 0 Å². The second-order valence-electron chi connectivity index (χ2n) is 6.24. The van der Waals surface area contributed by atoms with Gasteiger partial charge in [-0.15, -0.1) is 0 Å². The summed E-state index contributed by atoms with van der Waals surface area (Å²) in [5.41, 5.74) is 0.491. The van der Waals surface area contributed by atoms with Crippen LogP contribution in [0.4, 0.5) is 0 Å². The average molecular weight is 256 g/mol. The fourth-order valence-electron chi connectivity index (χ4n) is 3.49. The van der Waals surface area contributed by atoms with Gasteiger partial charge in [0.2, 0.25) is 0 Å². The molecule has 0 bridgehead atoms. The van der Waals surface area contributed by atoms with Crippen LogP contribution < -0.4 is 5.32 Å². The van der Waals surface area contributed by atoms with E-state index in [4.69, 9.17) is 0 Å². The molecule has 1 N–H and O–H groups in total. The number of nitrogens with zero attached hydrogens (tertiary/aromatic N) is 1. The molecule has 1 heterocycles. The first-order valence-corrected chi connectivity index (χ1v) is 8.32. The van der Waals surface area contributed by atoms with Gasteiger partial charge in [-0.1, -0.05) is 20.8 Å². The van der Waals surface area contributed by atoms with Crippen molar-refractivity contribution in [3.8, 4) is 0 Å². The summed E-state index contributed by atoms with van der Waals surface area (Å²) in [5.74, 6) is 3.54. The predicted molar refractivity (Wildman–Crippen MR) is 77.7 cm³/mol. The number of nitrogens with one attached hydrogen (secondary N) is 1. The summed E-state index contributed by atoms with van der Waals surface area (Å²) in [4.78, 5) is 2.69. The molecule has 0 aromatic heterocycles. The molecular weight excluding hydrogens is 228 g/mol. The summed E-state index contributed by atoms with van der Waals surface area (Å²) in [6, 6.07) is 0.724. The van der Waals surface area contributed by atoms with E-state index in [0.29, 0.717) is 5.41 Å². The van der Waals surface area contributed by atoms with E-state index in [1.165, 1.54) is 44.0 Å². The molecule has 0 aromatic rings. The normalized spacial score (nSPS) is 34.1. The monoisotopic (exact) mass is 256 g/mol. The van der Waals surface area contributed by atoms with Crippen molar-refractivity contribution in [3.63, 3.8) is 0 Å². The van der Waals surface area contributed by atoms with E-state index >= 15 is 0 Å². The van der Waals surface area contributed by atoms with Gasteiger partial charge in [0.15, 0.2) is 0 Å². The van der Waals surface area contributed by atoms with Crippen molar-refractivity contribution in [1.82, 2.24) is 10.2 Å². The molecule has 100 valence electrons. The highest BCUT2D eigenvalue weighted by atomic mass is 32.2. The fourth-order valence-corrected chi connectivity index (χ4v) is 4.47. The number of rotatable bonds is 4. The van der Waals surface area contributed by atoms with Crippen molar-refractivity contribution in [3.05, 3.63) is 0 Å². The first-order valence-electron chi connectivity index (χ1n) is 7.17. The van der Waals surface area contributed by atoms with E-state index in [1.807, 2.05) is 0 Å². The van der Waals surface area contributed by atoms with E-state index in [2.05, 4.69) is 42.7 Å². The Bertz CT molecular complexity index is 236. The maximum atomic E-state index is 3.74. The Morgan fingerprint density at radius 1 is 1.29 bits per heavy atom. The highest BCUT2D eigenvalue weighted by Crippen LogP contribution is 2.41. The first kappa shape index (κ1) is 13.7. The Kier molecular flexibility index (Phi) is 4.79. The zero-order valence-electron chi connectivity index (χ0n) is 11.7. The standard InChI is InChI=1S/C14H28N2S/c1-4-15-13-12(5-6-14(13,2)3)11-16-7-9-17-10-8-16/h12-13,15H,4-11H2,1-3H3. The van der Waals surface area contributed by atoms with Crippen molar-refractivity contribution in [2.45, 2.75) is 39.7 Å². The average Bonchev–Trinajstić information content (AvgIpc) is 2.58. The molecule has 2 atom stereocenters. The van der Waals surface area contributed by atoms with Gasteiger partial charge in [-0.25, -0.2) is 0 Å². The van der Waals surface area contributed by atoms with Crippen LogP contribution in [0.5, 0.6) is 0 Å². The first-order chi connectivity index (χ1) is 8.13. The van der Waals surface area contributed by atoms with Gasteiger partial charge in [0, 0.05) is 37.2 Å². The van der Waals surface area contributed by atoms with Crippen LogP contribution in [0.2, 0.25) is 0 Å². The molecular formula is C14H28N2S. The van der Waals surface area contributed by atoms with Gasteiger partial charge in [-0.05, 0) is 30.7 Å². The van der Waals surface area contributed by atoms with Crippen LogP contribution in [0.15, 0.2) is 0 Å². The van der Waals surface area contributed by atoms with Crippen LogP contribution in [0.25, 0.3) is 0 Å². The molecule has 0 spiro atoms. The summed E-state index contributed by atoms with van der Waals surface area (Å²) in [7, 11) is 0. The van der Waals surface area contributed by atoms with Crippen molar-refractivity contribution < 1.29 is 0 Å². The summed E-state index contributed by atoms with van der Waals surface area (Å²) in [6.45, 7) is 12.2. The summed E-state index contributed by atoms with van der Waals surface area (Å²) in [5, 5.41) is 3.74. The van der Waals surface area contributed by atoms with Gasteiger partial charge in [0.1, 0.15) is 0 Å².